The van der Waals surface area contributed by atoms with E-state index in [0.717, 1.165) is 31.2 Å². The van der Waals surface area contributed by atoms with Crippen LogP contribution in [0.2, 0.25) is 5.02 Å². The SMILES string of the molecule is O=C1C(c2ccc(Cl)cc2)=C(N2CCOCC2)C(=O)N1C1CCCCCCC1. The summed E-state index contributed by atoms with van der Waals surface area (Å²) >= 11 is 6.05. The Bertz CT molecular complexity index is 760. The van der Waals surface area contributed by atoms with Gasteiger partial charge in [-0.15, -0.1) is 0 Å². The second-order valence-electron chi connectivity index (χ2n) is 7.81. The largest absolute Gasteiger partial charge is 0.378 e. The smallest absolute Gasteiger partial charge is 0.278 e. The summed E-state index contributed by atoms with van der Waals surface area (Å²) in [7, 11) is 0. The van der Waals surface area contributed by atoms with Crippen LogP contribution in [-0.2, 0) is 14.3 Å². The summed E-state index contributed by atoms with van der Waals surface area (Å²) in [6.07, 6.45) is 7.57. The number of hydrogen-bond acceptors (Lipinski definition) is 4. The zero-order chi connectivity index (χ0) is 19.5. The highest BCUT2D eigenvalue weighted by molar-refractivity contribution is 6.36. The zero-order valence-corrected chi connectivity index (χ0v) is 16.9. The van der Waals surface area contributed by atoms with Crippen molar-refractivity contribution in [3.63, 3.8) is 0 Å². The Morgan fingerprint density at radius 2 is 1.46 bits per heavy atom. The lowest BCUT2D eigenvalue weighted by molar-refractivity contribution is -0.141. The predicted molar refractivity (Wildman–Crippen MR) is 109 cm³/mol. The molecule has 0 unspecified atom stereocenters. The third-order valence-electron chi connectivity index (χ3n) is 5.99. The third kappa shape index (κ3) is 3.83. The van der Waals surface area contributed by atoms with Gasteiger partial charge in [-0.3, -0.25) is 14.5 Å². The van der Waals surface area contributed by atoms with Crippen molar-refractivity contribution in [2.75, 3.05) is 26.3 Å². The molecule has 1 aromatic rings. The van der Waals surface area contributed by atoms with Crippen molar-refractivity contribution < 1.29 is 14.3 Å². The molecule has 0 spiro atoms. The van der Waals surface area contributed by atoms with Crippen LogP contribution in [0.1, 0.15) is 50.5 Å². The van der Waals surface area contributed by atoms with Gasteiger partial charge in [-0.1, -0.05) is 55.8 Å². The molecule has 0 radical (unpaired) electrons. The van der Waals surface area contributed by atoms with Crippen LogP contribution in [0.15, 0.2) is 30.0 Å². The summed E-state index contributed by atoms with van der Waals surface area (Å²) in [5.74, 6) is -0.290. The van der Waals surface area contributed by atoms with Crippen molar-refractivity contribution in [2.24, 2.45) is 0 Å². The predicted octanol–water partition coefficient (Wildman–Crippen LogP) is 3.87. The van der Waals surface area contributed by atoms with Gasteiger partial charge in [-0.2, -0.15) is 0 Å². The first-order chi connectivity index (χ1) is 13.7. The number of amides is 2. The van der Waals surface area contributed by atoms with Gasteiger partial charge in [0.1, 0.15) is 5.70 Å². The minimum absolute atomic E-state index is 0.00106. The number of nitrogens with zero attached hydrogens (tertiary/aromatic N) is 2. The molecule has 0 N–H and O–H groups in total. The fourth-order valence-corrected chi connectivity index (χ4v) is 4.64. The molecule has 2 fully saturated rings. The highest BCUT2D eigenvalue weighted by Gasteiger charge is 2.44. The Kier molecular flexibility index (Phi) is 6.02. The van der Waals surface area contributed by atoms with E-state index in [1.165, 1.54) is 19.3 Å². The molecule has 6 heteroatoms. The molecule has 2 amide bonds. The Labute approximate surface area is 171 Å². The quantitative estimate of drug-likeness (QED) is 0.720. The van der Waals surface area contributed by atoms with Crippen molar-refractivity contribution in [3.8, 4) is 0 Å². The van der Waals surface area contributed by atoms with Gasteiger partial charge in [-0.25, -0.2) is 0 Å². The van der Waals surface area contributed by atoms with Crippen molar-refractivity contribution in [1.82, 2.24) is 9.80 Å². The molecule has 2 aliphatic heterocycles. The normalized spacial score (nSPS) is 22.6. The number of imide groups is 1. The summed E-state index contributed by atoms with van der Waals surface area (Å²) < 4.78 is 5.46. The standard InChI is InChI=1S/C22H27ClN2O3/c23-17-10-8-16(9-11-17)19-20(24-12-14-28-15-13-24)22(27)25(21(19)26)18-6-4-2-1-3-5-7-18/h8-11,18H,1-7,12-15H2. The van der Waals surface area contributed by atoms with E-state index in [0.29, 0.717) is 42.6 Å². The maximum atomic E-state index is 13.5. The van der Waals surface area contributed by atoms with Gasteiger partial charge in [0, 0.05) is 24.2 Å². The van der Waals surface area contributed by atoms with Gasteiger partial charge < -0.3 is 9.64 Å². The number of hydrogen-bond donors (Lipinski definition) is 0. The van der Waals surface area contributed by atoms with Gasteiger partial charge in [0.2, 0.25) is 0 Å². The topological polar surface area (TPSA) is 49.9 Å². The van der Waals surface area contributed by atoms with Crippen LogP contribution >= 0.6 is 11.6 Å². The molecule has 5 nitrogen and oxygen atoms in total. The van der Waals surface area contributed by atoms with E-state index in [1.807, 2.05) is 17.0 Å². The summed E-state index contributed by atoms with van der Waals surface area (Å²) in [6, 6.07) is 7.23. The number of rotatable bonds is 3. The molecule has 4 rings (SSSR count). The molecule has 150 valence electrons. The van der Waals surface area contributed by atoms with Crippen molar-refractivity contribution >= 4 is 29.0 Å². The minimum Gasteiger partial charge on any atom is -0.378 e. The fraction of sp³-hybridized carbons (Fsp3) is 0.545. The molecule has 1 saturated carbocycles. The molecule has 0 aromatic heterocycles. The summed E-state index contributed by atoms with van der Waals surface area (Å²) in [5, 5.41) is 0.617. The maximum absolute atomic E-state index is 13.5. The second-order valence-corrected chi connectivity index (χ2v) is 8.25. The molecular formula is C22H27ClN2O3. The van der Waals surface area contributed by atoms with Crippen LogP contribution in [0.5, 0.6) is 0 Å². The Morgan fingerprint density at radius 3 is 2.11 bits per heavy atom. The van der Waals surface area contributed by atoms with E-state index < -0.39 is 0 Å². The van der Waals surface area contributed by atoms with E-state index in [9.17, 15) is 9.59 Å². The lowest BCUT2D eigenvalue weighted by Gasteiger charge is -2.31. The molecule has 1 saturated heterocycles. The average molecular weight is 403 g/mol. The fourth-order valence-electron chi connectivity index (χ4n) is 4.52. The Morgan fingerprint density at radius 1 is 0.857 bits per heavy atom. The number of carbonyl (C=O) groups excluding carboxylic acids is 2. The van der Waals surface area contributed by atoms with Crippen LogP contribution in [0.4, 0.5) is 0 Å². The van der Waals surface area contributed by atoms with Crippen molar-refractivity contribution in [3.05, 3.63) is 40.5 Å². The monoisotopic (exact) mass is 402 g/mol. The molecular weight excluding hydrogens is 376 g/mol. The van der Waals surface area contributed by atoms with Gasteiger partial charge in [0.05, 0.1) is 18.8 Å². The zero-order valence-electron chi connectivity index (χ0n) is 16.2. The summed E-state index contributed by atoms with van der Waals surface area (Å²) in [5.41, 5.74) is 1.82. The average Bonchev–Trinajstić information content (AvgIpc) is 2.94. The lowest BCUT2D eigenvalue weighted by atomic mass is 9.95. The van der Waals surface area contributed by atoms with Gasteiger partial charge in [-0.05, 0) is 30.5 Å². The van der Waals surface area contributed by atoms with Crippen LogP contribution < -0.4 is 0 Å². The van der Waals surface area contributed by atoms with E-state index in [1.54, 1.807) is 17.0 Å². The van der Waals surface area contributed by atoms with Crippen LogP contribution in [0.3, 0.4) is 0 Å². The molecule has 2 heterocycles. The maximum Gasteiger partial charge on any atom is 0.278 e. The van der Waals surface area contributed by atoms with Gasteiger partial charge in [0.15, 0.2) is 0 Å². The minimum atomic E-state index is -0.153. The molecule has 1 aromatic carbocycles. The number of halogens is 1. The highest BCUT2D eigenvalue weighted by Crippen LogP contribution is 2.36. The van der Waals surface area contributed by atoms with E-state index in [-0.39, 0.29) is 17.9 Å². The third-order valence-corrected chi connectivity index (χ3v) is 6.24. The first-order valence-corrected chi connectivity index (χ1v) is 10.8. The van der Waals surface area contributed by atoms with E-state index in [4.69, 9.17) is 16.3 Å². The molecule has 28 heavy (non-hydrogen) atoms. The Hall–Kier alpha value is -1.85. The van der Waals surface area contributed by atoms with Crippen molar-refractivity contribution in [2.45, 2.75) is 51.0 Å². The van der Waals surface area contributed by atoms with Gasteiger partial charge in [0.25, 0.3) is 11.8 Å². The van der Waals surface area contributed by atoms with Gasteiger partial charge >= 0.3 is 0 Å². The van der Waals surface area contributed by atoms with Crippen LogP contribution in [0, 0.1) is 0 Å². The second kappa shape index (κ2) is 8.66. The molecule has 1 aliphatic carbocycles. The first-order valence-electron chi connectivity index (χ1n) is 10.4. The van der Waals surface area contributed by atoms with Crippen molar-refractivity contribution in [1.29, 1.82) is 0 Å². The number of ether oxygens (including phenoxy) is 1. The van der Waals surface area contributed by atoms with Crippen LogP contribution in [-0.4, -0.2) is 54.0 Å². The van der Waals surface area contributed by atoms with Crippen LogP contribution in [0.25, 0.3) is 5.57 Å². The lowest BCUT2D eigenvalue weighted by Crippen LogP contribution is -2.44. The molecule has 0 atom stereocenters. The van der Waals surface area contributed by atoms with E-state index in [2.05, 4.69) is 0 Å². The summed E-state index contributed by atoms with van der Waals surface area (Å²) in [6.45, 7) is 2.40. The number of morpholine rings is 1. The number of carbonyl (C=O) groups is 2. The Balaban J connectivity index is 1.71. The molecule has 0 bridgehead atoms. The first kappa shape index (κ1) is 19.5. The summed E-state index contributed by atoms with van der Waals surface area (Å²) in [4.78, 5) is 30.6. The molecule has 3 aliphatic rings. The highest BCUT2D eigenvalue weighted by atomic mass is 35.5. The number of benzene rings is 1. The van der Waals surface area contributed by atoms with E-state index >= 15 is 0 Å².